The number of nitrogens with zero attached hydrogens (tertiary/aromatic N) is 3. The van der Waals surface area contributed by atoms with Gasteiger partial charge in [0.1, 0.15) is 11.4 Å². The first-order chi connectivity index (χ1) is 14.3. The monoisotopic (exact) mass is 420 g/mol. The lowest BCUT2D eigenvalue weighted by molar-refractivity contribution is -0.173. The van der Waals surface area contributed by atoms with E-state index in [1.165, 1.54) is 6.20 Å². The molecule has 4 rings (SSSR count). The van der Waals surface area contributed by atoms with Crippen LogP contribution in [-0.2, 0) is 0 Å². The van der Waals surface area contributed by atoms with Crippen LogP contribution < -0.4 is 5.32 Å². The zero-order chi connectivity index (χ0) is 21.5. The molecule has 2 aliphatic rings. The minimum Gasteiger partial charge on any atom is -0.363 e. The van der Waals surface area contributed by atoms with Crippen molar-refractivity contribution in [1.29, 1.82) is 0 Å². The molecule has 1 amide bonds. The van der Waals surface area contributed by atoms with Crippen LogP contribution in [0.15, 0.2) is 30.5 Å². The Labute approximate surface area is 174 Å². The third kappa shape index (κ3) is 3.91. The van der Waals surface area contributed by atoms with Gasteiger partial charge in [0.15, 0.2) is 6.04 Å². The van der Waals surface area contributed by atoms with Crippen LogP contribution >= 0.6 is 0 Å². The topological polar surface area (TPSA) is 50.2 Å². The molecule has 0 spiro atoms. The van der Waals surface area contributed by atoms with E-state index in [0.29, 0.717) is 0 Å². The molecule has 1 aliphatic carbocycles. The quantitative estimate of drug-likeness (QED) is 0.737. The van der Waals surface area contributed by atoms with Crippen LogP contribution in [0.25, 0.3) is 0 Å². The van der Waals surface area contributed by atoms with Crippen molar-refractivity contribution in [2.24, 2.45) is 0 Å². The molecule has 0 radical (unpaired) electrons. The maximum atomic E-state index is 13.8. The fraction of sp³-hybridized carbons (Fsp3) is 0.545. The molecule has 5 nitrogen and oxygen atoms in total. The van der Waals surface area contributed by atoms with Crippen molar-refractivity contribution >= 4 is 11.7 Å². The number of fused-ring (bicyclic) bond motifs is 1. The van der Waals surface area contributed by atoms with E-state index in [2.05, 4.69) is 10.4 Å². The Kier molecular flexibility index (Phi) is 5.51. The van der Waals surface area contributed by atoms with E-state index < -0.39 is 18.3 Å². The van der Waals surface area contributed by atoms with E-state index >= 15 is 0 Å². The molecule has 8 heteroatoms. The molecule has 1 aromatic heterocycles. The molecule has 2 atom stereocenters. The molecule has 1 aliphatic heterocycles. The van der Waals surface area contributed by atoms with Crippen molar-refractivity contribution in [3.63, 3.8) is 0 Å². The second-order valence-corrected chi connectivity index (χ2v) is 8.46. The normalized spacial score (nSPS) is 22.3. The van der Waals surface area contributed by atoms with Gasteiger partial charge in [-0.1, -0.05) is 49.1 Å². The van der Waals surface area contributed by atoms with Crippen LogP contribution in [0.3, 0.4) is 0 Å². The smallest absolute Gasteiger partial charge is 0.363 e. The molecular formula is C22H27F3N4O. The van der Waals surface area contributed by atoms with Crippen LogP contribution in [0.2, 0.25) is 0 Å². The lowest BCUT2D eigenvalue weighted by atomic mass is 9.94. The number of alkyl halides is 3. The van der Waals surface area contributed by atoms with Crippen molar-refractivity contribution in [3.8, 4) is 0 Å². The highest BCUT2D eigenvalue weighted by atomic mass is 19.4. The number of hydrogen-bond donors (Lipinski definition) is 1. The Morgan fingerprint density at radius 3 is 2.47 bits per heavy atom. The molecule has 1 saturated carbocycles. The summed E-state index contributed by atoms with van der Waals surface area (Å²) in [5.41, 5.74) is 2.01. The number of carbonyl (C=O) groups excluding carboxylic acids is 1. The van der Waals surface area contributed by atoms with Gasteiger partial charge >= 0.3 is 6.18 Å². The number of carbonyl (C=O) groups is 1. The van der Waals surface area contributed by atoms with Gasteiger partial charge in [-0.2, -0.15) is 18.3 Å². The summed E-state index contributed by atoms with van der Waals surface area (Å²) in [5.74, 6) is -0.122. The molecule has 0 saturated heterocycles. The Morgan fingerprint density at radius 2 is 1.83 bits per heavy atom. The van der Waals surface area contributed by atoms with Gasteiger partial charge in [-0.05, 0) is 25.3 Å². The summed E-state index contributed by atoms with van der Waals surface area (Å²) < 4.78 is 42.5. The molecule has 1 N–H and O–H groups in total. The minimum atomic E-state index is -4.46. The summed E-state index contributed by atoms with van der Waals surface area (Å²) in [7, 11) is 1.74. The molecule has 30 heavy (non-hydrogen) atoms. The summed E-state index contributed by atoms with van der Waals surface area (Å²) in [5, 5.41) is 7.16. The SMILES string of the molecule is Cc1ccc([C@@H]2C[C@H](C(F)(F)F)n3ncc(C(=O)N(C)C4CCCCC4)c3N2)cc1. The number of anilines is 1. The first-order valence-electron chi connectivity index (χ1n) is 10.5. The average Bonchev–Trinajstić information content (AvgIpc) is 3.16. The molecule has 0 bridgehead atoms. The lowest BCUT2D eigenvalue weighted by Gasteiger charge is -2.35. The van der Waals surface area contributed by atoms with Crippen molar-refractivity contribution < 1.29 is 18.0 Å². The van der Waals surface area contributed by atoms with Crippen LogP contribution in [0.5, 0.6) is 0 Å². The molecule has 2 heterocycles. The number of amides is 1. The van der Waals surface area contributed by atoms with Gasteiger partial charge < -0.3 is 10.2 Å². The third-order valence-corrected chi connectivity index (χ3v) is 6.39. The van der Waals surface area contributed by atoms with Crippen LogP contribution in [0.4, 0.5) is 19.0 Å². The molecule has 2 aromatic rings. The fourth-order valence-corrected chi connectivity index (χ4v) is 4.56. The Bertz CT molecular complexity index is 900. The van der Waals surface area contributed by atoms with E-state index in [1.54, 1.807) is 11.9 Å². The zero-order valence-electron chi connectivity index (χ0n) is 17.2. The second kappa shape index (κ2) is 7.96. The van der Waals surface area contributed by atoms with Gasteiger partial charge in [0, 0.05) is 19.5 Å². The number of nitrogens with one attached hydrogen (secondary N) is 1. The third-order valence-electron chi connectivity index (χ3n) is 6.39. The van der Waals surface area contributed by atoms with Gasteiger partial charge in [-0.3, -0.25) is 4.79 Å². The average molecular weight is 420 g/mol. The predicted molar refractivity (Wildman–Crippen MR) is 108 cm³/mol. The first kappa shape index (κ1) is 20.8. The van der Waals surface area contributed by atoms with Crippen molar-refractivity contribution in [2.45, 2.75) is 69.8 Å². The minimum absolute atomic E-state index is 0.122. The Hall–Kier alpha value is -2.51. The highest BCUT2D eigenvalue weighted by molar-refractivity contribution is 5.99. The van der Waals surface area contributed by atoms with E-state index in [9.17, 15) is 18.0 Å². The van der Waals surface area contributed by atoms with Gasteiger partial charge in [-0.25, -0.2) is 4.68 Å². The summed E-state index contributed by atoms with van der Waals surface area (Å²) >= 11 is 0. The second-order valence-electron chi connectivity index (χ2n) is 8.46. The number of aromatic nitrogens is 2. The van der Waals surface area contributed by atoms with Gasteiger partial charge in [-0.15, -0.1) is 0 Å². The van der Waals surface area contributed by atoms with E-state index in [4.69, 9.17) is 0 Å². The molecule has 1 aromatic carbocycles. The van der Waals surface area contributed by atoms with Crippen LogP contribution in [-0.4, -0.2) is 39.9 Å². The van der Waals surface area contributed by atoms with E-state index in [-0.39, 0.29) is 29.8 Å². The van der Waals surface area contributed by atoms with Crippen molar-refractivity contribution in [2.75, 3.05) is 12.4 Å². The maximum absolute atomic E-state index is 13.8. The highest BCUT2D eigenvalue weighted by Gasteiger charge is 2.47. The highest BCUT2D eigenvalue weighted by Crippen LogP contribution is 2.44. The summed E-state index contributed by atoms with van der Waals surface area (Å²) in [6, 6.07) is 5.24. The standard InChI is InChI=1S/C22H27F3N4O/c1-14-8-10-15(11-9-14)18-12-19(22(23,24)25)29-20(27-18)17(13-26-29)21(30)28(2)16-6-4-3-5-7-16/h8-11,13,16,18-19,27H,3-7,12H2,1-2H3/t18-,19+/m0/s1. The maximum Gasteiger partial charge on any atom is 0.410 e. The van der Waals surface area contributed by atoms with E-state index in [0.717, 1.165) is 47.9 Å². The van der Waals surface area contributed by atoms with Gasteiger partial charge in [0.2, 0.25) is 0 Å². The Balaban J connectivity index is 1.67. The van der Waals surface area contributed by atoms with Crippen LogP contribution in [0, 0.1) is 6.92 Å². The van der Waals surface area contributed by atoms with Crippen LogP contribution in [0.1, 0.15) is 72.1 Å². The summed E-state index contributed by atoms with van der Waals surface area (Å²) in [6.45, 7) is 1.93. The molecule has 0 unspecified atom stereocenters. The van der Waals surface area contributed by atoms with Gasteiger partial charge in [0.25, 0.3) is 5.91 Å². The Morgan fingerprint density at radius 1 is 1.17 bits per heavy atom. The first-order valence-corrected chi connectivity index (χ1v) is 10.5. The number of benzene rings is 1. The predicted octanol–water partition coefficient (Wildman–Crippen LogP) is 5.26. The summed E-state index contributed by atoms with van der Waals surface area (Å²) in [4.78, 5) is 14.8. The number of rotatable bonds is 3. The van der Waals surface area contributed by atoms with Crippen molar-refractivity contribution in [3.05, 3.63) is 47.2 Å². The van der Waals surface area contributed by atoms with Gasteiger partial charge in [0.05, 0.1) is 12.2 Å². The molecular weight excluding hydrogens is 393 g/mol. The number of halogens is 3. The largest absolute Gasteiger partial charge is 0.410 e. The van der Waals surface area contributed by atoms with E-state index in [1.807, 2.05) is 31.2 Å². The number of hydrogen-bond acceptors (Lipinski definition) is 3. The molecule has 1 fully saturated rings. The van der Waals surface area contributed by atoms with Crippen molar-refractivity contribution in [1.82, 2.24) is 14.7 Å². The fourth-order valence-electron chi connectivity index (χ4n) is 4.56. The zero-order valence-corrected chi connectivity index (χ0v) is 17.2. The summed E-state index contributed by atoms with van der Waals surface area (Å²) in [6.07, 6.45) is 1.80. The number of aryl methyl sites for hydroxylation is 1. The molecule has 162 valence electrons. The lowest BCUT2D eigenvalue weighted by Crippen LogP contribution is -2.39.